The van der Waals surface area contributed by atoms with Crippen molar-refractivity contribution in [3.8, 4) is 5.69 Å². The van der Waals surface area contributed by atoms with E-state index < -0.39 is 11.7 Å². The Morgan fingerprint density at radius 3 is 2.27 bits per heavy atom. The van der Waals surface area contributed by atoms with Crippen molar-refractivity contribution in [3.63, 3.8) is 0 Å². The van der Waals surface area contributed by atoms with E-state index in [1.54, 1.807) is 11.1 Å². The maximum atomic E-state index is 13.2. The number of carbonyl (C=O) groups is 2. The van der Waals surface area contributed by atoms with Crippen LogP contribution in [0.15, 0.2) is 97.3 Å². The molecule has 2 heterocycles. The monoisotopic (exact) mass is 576 g/mol. The van der Waals surface area contributed by atoms with Gasteiger partial charge in [-0.05, 0) is 59.8 Å². The smallest absolute Gasteiger partial charge is 0.323 e. The molecule has 0 saturated carbocycles. The molecule has 1 aromatic heterocycles. The summed E-state index contributed by atoms with van der Waals surface area (Å²) in [5, 5.41) is 4.71. The quantitative estimate of drug-likeness (QED) is 0.224. The highest BCUT2D eigenvalue weighted by molar-refractivity contribution is 6.21. The zero-order valence-electron chi connectivity index (χ0n) is 21.6. The molecule has 4 aromatic carbocycles. The first-order valence-corrected chi connectivity index (χ1v) is 12.7. The van der Waals surface area contributed by atoms with Gasteiger partial charge in [-0.1, -0.05) is 42.5 Å². The van der Waals surface area contributed by atoms with Crippen molar-refractivity contribution in [2.75, 3.05) is 10.2 Å². The van der Waals surface area contributed by atoms with Crippen molar-refractivity contribution in [2.45, 2.75) is 25.4 Å². The normalized spacial score (nSPS) is 13.4. The van der Waals surface area contributed by atoms with Crippen molar-refractivity contribution >= 4 is 52.1 Å². The maximum Gasteiger partial charge on any atom is 0.416 e. The van der Waals surface area contributed by atoms with E-state index in [0.29, 0.717) is 29.9 Å². The lowest BCUT2D eigenvalue weighted by Crippen LogP contribution is -2.26. The average molecular weight is 577 g/mol. The number of alkyl halides is 3. The van der Waals surface area contributed by atoms with Gasteiger partial charge in [0.2, 0.25) is 11.8 Å². The molecular formula is C31H24ClF3N4O2. The third-order valence-corrected chi connectivity index (χ3v) is 7.00. The molecule has 208 valence electrons. The van der Waals surface area contributed by atoms with Crippen LogP contribution in [0.4, 0.5) is 30.2 Å². The fourth-order valence-electron chi connectivity index (χ4n) is 5.03. The minimum Gasteiger partial charge on any atom is -0.323 e. The van der Waals surface area contributed by atoms with E-state index in [-0.39, 0.29) is 30.6 Å². The van der Waals surface area contributed by atoms with Crippen LogP contribution in [0.1, 0.15) is 23.4 Å². The van der Waals surface area contributed by atoms with E-state index in [4.69, 9.17) is 0 Å². The summed E-state index contributed by atoms with van der Waals surface area (Å²) in [5.74, 6) is 0.0575. The van der Waals surface area contributed by atoms with Gasteiger partial charge in [-0.3, -0.25) is 14.5 Å². The van der Waals surface area contributed by atoms with E-state index in [0.717, 1.165) is 40.0 Å². The molecule has 1 aliphatic heterocycles. The lowest BCUT2D eigenvalue weighted by atomic mass is 10.1. The van der Waals surface area contributed by atoms with Crippen LogP contribution in [-0.2, 0) is 28.6 Å². The van der Waals surface area contributed by atoms with Crippen LogP contribution in [0.5, 0.6) is 0 Å². The molecule has 0 aliphatic carbocycles. The summed E-state index contributed by atoms with van der Waals surface area (Å²) in [6.45, 7) is 0. The molecule has 0 bridgehead atoms. The molecule has 1 N–H and O–H groups in total. The number of hydrogen-bond donors (Lipinski definition) is 1. The van der Waals surface area contributed by atoms with Crippen LogP contribution in [0.3, 0.4) is 0 Å². The van der Waals surface area contributed by atoms with Crippen molar-refractivity contribution in [3.05, 3.63) is 114 Å². The van der Waals surface area contributed by atoms with E-state index in [9.17, 15) is 22.8 Å². The molecule has 0 unspecified atom stereocenters. The molecule has 41 heavy (non-hydrogen) atoms. The van der Waals surface area contributed by atoms with Crippen LogP contribution >= 0.6 is 12.4 Å². The molecule has 0 radical (unpaired) electrons. The molecule has 0 fully saturated rings. The summed E-state index contributed by atoms with van der Waals surface area (Å²) in [7, 11) is 0. The van der Waals surface area contributed by atoms with Gasteiger partial charge in [0.25, 0.3) is 0 Å². The van der Waals surface area contributed by atoms with Crippen LogP contribution in [-0.4, -0.2) is 21.4 Å². The predicted molar refractivity (Wildman–Crippen MR) is 154 cm³/mol. The summed E-state index contributed by atoms with van der Waals surface area (Å²) in [5.41, 5.74) is 2.75. The summed E-state index contributed by atoms with van der Waals surface area (Å²) in [6.07, 6.45) is -0.0907. The topological polar surface area (TPSA) is 67.2 Å². The standard InChI is InChI=1S/C31H23F3N4O2.ClH/c32-31(33,34)22-9-5-20(6-10-22)7-16-27-35-17-18-37(27)23-11-13-24(14-12-23)38-26-15-8-21-3-1-2-4-25(21)30(26)36-28(39)19-29(38)40;/h1-6,8-15,17-18H,7,16,19H2,(H,36,39);1H. The lowest BCUT2D eigenvalue weighted by molar-refractivity contribution is -0.137. The Bertz CT molecular complexity index is 1730. The number of aryl methyl sites for hydroxylation is 2. The Morgan fingerprint density at radius 2 is 1.54 bits per heavy atom. The van der Waals surface area contributed by atoms with E-state index in [2.05, 4.69) is 10.3 Å². The largest absolute Gasteiger partial charge is 0.416 e. The van der Waals surface area contributed by atoms with Crippen molar-refractivity contribution in [1.29, 1.82) is 0 Å². The Balaban J connectivity index is 0.00000337. The summed E-state index contributed by atoms with van der Waals surface area (Å²) >= 11 is 0. The highest BCUT2D eigenvalue weighted by Crippen LogP contribution is 2.40. The lowest BCUT2D eigenvalue weighted by Gasteiger charge is -2.23. The van der Waals surface area contributed by atoms with Gasteiger partial charge in [0, 0.05) is 35.6 Å². The molecule has 6 nitrogen and oxygen atoms in total. The van der Waals surface area contributed by atoms with Crippen LogP contribution in [0, 0.1) is 0 Å². The highest BCUT2D eigenvalue weighted by Gasteiger charge is 2.30. The molecule has 2 amide bonds. The maximum absolute atomic E-state index is 13.2. The SMILES string of the molecule is Cl.O=C1CC(=O)N(c2ccc(-n3ccnc3CCc3ccc(C(F)(F)F)cc3)cc2)c2ccc3ccccc3c2N1. The third kappa shape index (κ3) is 5.53. The van der Waals surface area contributed by atoms with E-state index in [1.165, 1.54) is 12.1 Å². The number of hydrogen-bond acceptors (Lipinski definition) is 3. The Morgan fingerprint density at radius 1 is 0.829 bits per heavy atom. The second kappa shape index (κ2) is 11.1. The Hall–Kier alpha value is -4.63. The number of halogens is 4. The number of rotatable bonds is 5. The van der Waals surface area contributed by atoms with Crippen LogP contribution < -0.4 is 10.2 Å². The third-order valence-electron chi connectivity index (χ3n) is 7.00. The number of fused-ring (bicyclic) bond motifs is 3. The van der Waals surface area contributed by atoms with Gasteiger partial charge < -0.3 is 9.88 Å². The molecule has 0 spiro atoms. The van der Waals surface area contributed by atoms with Gasteiger partial charge in [0.15, 0.2) is 0 Å². The number of amides is 2. The van der Waals surface area contributed by atoms with Crippen LogP contribution in [0.2, 0.25) is 0 Å². The van der Waals surface area contributed by atoms with Gasteiger partial charge in [-0.15, -0.1) is 12.4 Å². The molecule has 0 atom stereocenters. The second-order valence-electron chi connectivity index (χ2n) is 9.56. The minimum absolute atomic E-state index is 0. The molecule has 5 aromatic rings. The molecule has 0 saturated heterocycles. The fourth-order valence-corrected chi connectivity index (χ4v) is 5.03. The number of nitrogens with zero attached hydrogens (tertiary/aromatic N) is 3. The average Bonchev–Trinajstić information content (AvgIpc) is 3.37. The second-order valence-corrected chi connectivity index (χ2v) is 9.56. The molecule has 6 rings (SSSR count). The Labute approximate surface area is 239 Å². The number of benzene rings is 4. The van der Waals surface area contributed by atoms with E-state index in [1.807, 2.05) is 71.4 Å². The highest BCUT2D eigenvalue weighted by atomic mass is 35.5. The number of aromatic nitrogens is 2. The van der Waals surface area contributed by atoms with Gasteiger partial charge in [0.1, 0.15) is 12.2 Å². The summed E-state index contributed by atoms with van der Waals surface area (Å²) in [4.78, 5) is 31.7. The molecule has 1 aliphatic rings. The van der Waals surface area contributed by atoms with Gasteiger partial charge in [-0.2, -0.15) is 13.2 Å². The Kier molecular flexibility index (Phi) is 7.55. The summed E-state index contributed by atoms with van der Waals surface area (Å²) in [6, 6.07) is 24.0. The number of nitrogens with one attached hydrogen (secondary N) is 1. The zero-order chi connectivity index (χ0) is 27.9. The number of imidazole rings is 1. The van der Waals surface area contributed by atoms with E-state index >= 15 is 0 Å². The van der Waals surface area contributed by atoms with Gasteiger partial charge in [-0.25, -0.2) is 4.98 Å². The predicted octanol–water partition coefficient (Wildman–Crippen LogP) is 7.26. The van der Waals surface area contributed by atoms with Crippen LogP contribution in [0.25, 0.3) is 16.5 Å². The van der Waals surface area contributed by atoms with Crippen molar-refractivity contribution in [2.24, 2.45) is 0 Å². The first-order chi connectivity index (χ1) is 19.3. The van der Waals surface area contributed by atoms with Crippen molar-refractivity contribution in [1.82, 2.24) is 9.55 Å². The van der Waals surface area contributed by atoms with Gasteiger partial charge in [0.05, 0.1) is 16.9 Å². The number of anilines is 3. The number of carbonyl (C=O) groups excluding carboxylic acids is 2. The minimum atomic E-state index is -4.36. The summed E-state index contributed by atoms with van der Waals surface area (Å²) < 4.78 is 40.5. The fraction of sp³-hybridized carbons (Fsp3) is 0.129. The molecule has 10 heteroatoms. The zero-order valence-corrected chi connectivity index (χ0v) is 22.4. The first kappa shape index (κ1) is 27.9. The molecular weight excluding hydrogens is 553 g/mol. The van der Waals surface area contributed by atoms with Crippen molar-refractivity contribution < 1.29 is 22.8 Å². The van der Waals surface area contributed by atoms with Gasteiger partial charge >= 0.3 is 6.18 Å². The first-order valence-electron chi connectivity index (χ1n) is 12.7.